The summed E-state index contributed by atoms with van der Waals surface area (Å²) < 4.78 is 16.1. The van der Waals surface area contributed by atoms with Crippen molar-refractivity contribution in [1.82, 2.24) is 9.80 Å². The number of carbonyl (C=O) groups is 2. The predicted octanol–water partition coefficient (Wildman–Crippen LogP) is 4.47. The number of anilines is 1. The van der Waals surface area contributed by atoms with Crippen molar-refractivity contribution in [1.29, 1.82) is 0 Å². The maximum atomic E-state index is 12.7. The number of hydrogen-bond donors (Lipinski definition) is 0. The van der Waals surface area contributed by atoms with Gasteiger partial charge >= 0.3 is 12.1 Å². The van der Waals surface area contributed by atoms with Crippen LogP contribution in [0.3, 0.4) is 0 Å². The second-order valence-electron chi connectivity index (χ2n) is 11.2. The molecule has 1 aromatic rings. The summed E-state index contributed by atoms with van der Waals surface area (Å²) in [4.78, 5) is 31.7. The van der Waals surface area contributed by atoms with Crippen LogP contribution in [-0.4, -0.2) is 93.1 Å². The maximum Gasteiger partial charge on any atom is 0.410 e. The van der Waals surface area contributed by atoms with Crippen LogP contribution in [0.15, 0.2) is 12.1 Å². The highest BCUT2D eigenvalue weighted by Crippen LogP contribution is 2.33. The summed E-state index contributed by atoms with van der Waals surface area (Å²) in [5.74, 6) is 6.23. The Labute approximate surface area is 228 Å². The molecule has 0 N–H and O–H groups in total. The van der Waals surface area contributed by atoms with Crippen LogP contribution in [0.2, 0.25) is 0 Å². The molecule has 1 heterocycles. The van der Waals surface area contributed by atoms with E-state index in [-0.39, 0.29) is 18.1 Å². The van der Waals surface area contributed by atoms with E-state index in [2.05, 4.69) is 34.6 Å². The molecule has 1 aliphatic carbocycles. The Balaban J connectivity index is 1.78. The van der Waals surface area contributed by atoms with E-state index < -0.39 is 5.60 Å². The van der Waals surface area contributed by atoms with E-state index >= 15 is 0 Å². The third-order valence-corrected chi connectivity index (χ3v) is 7.41. The van der Waals surface area contributed by atoms with Crippen molar-refractivity contribution in [3.05, 3.63) is 28.8 Å². The molecule has 2 fully saturated rings. The zero-order valence-electron chi connectivity index (χ0n) is 24.3. The minimum absolute atomic E-state index is 0.156. The van der Waals surface area contributed by atoms with Crippen molar-refractivity contribution in [2.75, 3.05) is 58.5 Å². The molecule has 0 unspecified atom stereocenters. The van der Waals surface area contributed by atoms with Gasteiger partial charge in [-0.1, -0.05) is 11.8 Å². The molecule has 0 bridgehead atoms. The smallest absolute Gasteiger partial charge is 0.410 e. The van der Waals surface area contributed by atoms with E-state index in [1.807, 2.05) is 40.8 Å². The molecule has 0 atom stereocenters. The van der Waals surface area contributed by atoms with Gasteiger partial charge in [-0.15, -0.1) is 0 Å². The first-order chi connectivity index (χ1) is 18.0. The first kappa shape index (κ1) is 29.8. The van der Waals surface area contributed by atoms with Crippen molar-refractivity contribution >= 4 is 17.7 Å². The maximum absolute atomic E-state index is 12.7. The molecule has 1 aliphatic heterocycles. The molecule has 1 aromatic carbocycles. The Morgan fingerprint density at radius 1 is 1.11 bits per heavy atom. The lowest BCUT2D eigenvalue weighted by molar-refractivity contribution is 0.0182. The number of methoxy groups -OCH3 is 1. The summed E-state index contributed by atoms with van der Waals surface area (Å²) in [7, 11) is 3.25. The van der Waals surface area contributed by atoms with Gasteiger partial charge in [0.05, 0.1) is 32.4 Å². The molecule has 0 aromatic heterocycles. The van der Waals surface area contributed by atoms with Gasteiger partial charge in [-0.3, -0.25) is 4.90 Å². The number of nitrogens with zero attached hydrogens (tertiary/aromatic N) is 3. The van der Waals surface area contributed by atoms with Crippen LogP contribution in [0.4, 0.5) is 10.5 Å². The van der Waals surface area contributed by atoms with Crippen molar-refractivity contribution in [2.45, 2.75) is 78.0 Å². The molecule has 8 heteroatoms. The van der Waals surface area contributed by atoms with Crippen LogP contribution < -0.4 is 4.90 Å². The quantitative estimate of drug-likeness (QED) is 0.399. The lowest BCUT2D eigenvalue weighted by atomic mass is 9.88. The third-order valence-electron chi connectivity index (χ3n) is 7.41. The summed E-state index contributed by atoms with van der Waals surface area (Å²) in [6.07, 6.45) is 3.43. The van der Waals surface area contributed by atoms with Gasteiger partial charge in [0.25, 0.3) is 0 Å². The zero-order chi connectivity index (χ0) is 27.9. The SMILES string of the molecule is CCN(c1cc(C#CCN2CCOCC2)cc(C(=O)OC)c1C)[C@H]1CC[C@H](N(C)C(=O)OC(C)(C)C)CC1. The highest BCUT2D eigenvalue weighted by molar-refractivity contribution is 5.93. The largest absolute Gasteiger partial charge is 0.465 e. The molecule has 2 aliphatic rings. The van der Waals surface area contributed by atoms with E-state index in [9.17, 15) is 9.59 Å². The van der Waals surface area contributed by atoms with Gasteiger partial charge < -0.3 is 24.0 Å². The first-order valence-electron chi connectivity index (χ1n) is 13.8. The molecule has 8 nitrogen and oxygen atoms in total. The zero-order valence-corrected chi connectivity index (χ0v) is 24.3. The average molecular weight is 528 g/mol. The van der Waals surface area contributed by atoms with Crippen LogP contribution in [0.1, 0.15) is 74.9 Å². The van der Waals surface area contributed by atoms with E-state index in [0.717, 1.165) is 75.3 Å². The van der Waals surface area contributed by atoms with Gasteiger partial charge in [0, 0.05) is 50.0 Å². The second kappa shape index (κ2) is 13.3. The van der Waals surface area contributed by atoms with E-state index in [4.69, 9.17) is 14.2 Å². The Hall–Kier alpha value is -2.76. The van der Waals surface area contributed by atoms with E-state index in [1.54, 1.807) is 4.90 Å². The highest BCUT2D eigenvalue weighted by Gasteiger charge is 2.32. The van der Waals surface area contributed by atoms with Gasteiger partial charge in [-0.05, 0) is 78.0 Å². The molecule has 0 spiro atoms. The normalized spacial score (nSPS) is 20.2. The molecule has 38 heavy (non-hydrogen) atoms. The third kappa shape index (κ3) is 7.87. The van der Waals surface area contributed by atoms with E-state index in [0.29, 0.717) is 18.2 Å². The Morgan fingerprint density at radius 2 is 1.74 bits per heavy atom. The molecule has 3 rings (SSSR count). The molecule has 0 radical (unpaired) electrons. The predicted molar refractivity (Wildman–Crippen MR) is 150 cm³/mol. The van der Waals surface area contributed by atoms with Crippen LogP contribution in [-0.2, 0) is 14.2 Å². The molecule has 1 amide bonds. The van der Waals surface area contributed by atoms with Crippen LogP contribution >= 0.6 is 0 Å². The van der Waals surface area contributed by atoms with Gasteiger partial charge in [0.1, 0.15) is 5.60 Å². The fourth-order valence-electron chi connectivity index (χ4n) is 5.27. The van der Waals surface area contributed by atoms with Crippen molar-refractivity contribution in [3.63, 3.8) is 0 Å². The Kier molecular flexibility index (Phi) is 10.5. The summed E-state index contributed by atoms with van der Waals surface area (Å²) >= 11 is 0. The van der Waals surface area contributed by atoms with Crippen LogP contribution in [0, 0.1) is 18.8 Å². The van der Waals surface area contributed by atoms with Gasteiger partial charge in [0.15, 0.2) is 0 Å². The number of benzene rings is 1. The Morgan fingerprint density at radius 3 is 2.32 bits per heavy atom. The van der Waals surface area contributed by atoms with Crippen molar-refractivity contribution in [3.8, 4) is 11.8 Å². The number of amides is 1. The number of hydrogen-bond acceptors (Lipinski definition) is 7. The van der Waals surface area contributed by atoms with Crippen LogP contribution in [0.25, 0.3) is 0 Å². The summed E-state index contributed by atoms with van der Waals surface area (Å²) in [5.41, 5.74) is 2.79. The minimum Gasteiger partial charge on any atom is -0.465 e. The van der Waals surface area contributed by atoms with Gasteiger partial charge in [-0.25, -0.2) is 9.59 Å². The van der Waals surface area contributed by atoms with Crippen molar-refractivity contribution in [2.24, 2.45) is 0 Å². The summed E-state index contributed by atoms with van der Waals surface area (Å²) in [5, 5.41) is 0. The average Bonchev–Trinajstić information content (AvgIpc) is 2.89. The number of carbonyl (C=O) groups excluding carboxylic acids is 2. The van der Waals surface area contributed by atoms with Crippen molar-refractivity contribution < 1.29 is 23.8 Å². The summed E-state index contributed by atoms with van der Waals surface area (Å²) in [6, 6.07) is 4.42. The first-order valence-corrected chi connectivity index (χ1v) is 13.8. The molecular weight excluding hydrogens is 482 g/mol. The minimum atomic E-state index is -0.507. The van der Waals surface area contributed by atoms with Gasteiger partial charge in [-0.2, -0.15) is 0 Å². The molecular formula is C30H45N3O5. The number of ether oxygens (including phenoxy) is 3. The van der Waals surface area contributed by atoms with Crippen LogP contribution in [0.5, 0.6) is 0 Å². The van der Waals surface area contributed by atoms with E-state index in [1.165, 1.54) is 7.11 Å². The standard InChI is InChI=1S/C30H45N3O5/c1-8-33(25-13-11-24(12-14-25)31(6)29(35)38-30(3,4)5)27-21-23(20-26(22(27)2)28(34)36-7)10-9-15-32-16-18-37-19-17-32/h20-21,24-25H,8,11-19H2,1-7H3/t24-,25-. The fraction of sp³-hybridized carbons (Fsp3) is 0.667. The monoisotopic (exact) mass is 527 g/mol. The van der Waals surface area contributed by atoms with Gasteiger partial charge in [0.2, 0.25) is 0 Å². The molecule has 210 valence electrons. The summed E-state index contributed by atoms with van der Waals surface area (Å²) in [6.45, 7) is 14.5. The highest BCUT2D eigenvalue weighted by atomic mass is 16.6. The number of rotatable bonds is 6. The second-order valence-corrected chi connectivity index (χ2v) is 11.2. The topological polar surface area (TPSA) is 71.6 Å². The molecule has 1 saturated carbocycles. The lowest BCUT2D eigenvalue weighted by Crippen LogP contribution is -2.46. The number of esters is 1. The Bertz CT molecular complexity index is 1020. The fourth-order valence-corrected chi connectivity index (χ4v) is 5.27. The lowest BCUT2D eigenvalue weighted by Gasteiger charge is -2.41. The number of morpholine rings is 1. The molecule has 1 saturated heterocycles.